The van der Waals surface area contributed by atoms with Crippen LogP contribution in [-0.4, -0.2) is 48.1 Å². The van der Waals surface area contributed by atoms with Crippen LogP contribution >= 0.6 is 0 Å². The highest BCUT2D eigenvalue weighted by Crippen LogP contribution is 2.32. The Morgan fingerprint density at radius 3 is 2.20 bits per heavy atom. The summed E-state index contributed by atoms with van der Waals surface area (Å²) < 4.78 is 5.06. The van der Waals surface area contributed by atoms with Gasteiger partial charge in [0, 0.05) is 20.3 Å². The van der Waals surface area contributed by atoms with Gasteiger partial charge < -0.3 is 15.0 Å². The molecule has 0 aromatic rings. The van der Waals surface area contributed by atoms with Gasteiger partial charge in [0.05, 0.1) is 0 Å². The minimum atomic E-state index is -0.751. The fourth-order valence-electron chi connectivity index (χ4n) is 2.81. The van der Waals surface area contributed by atoms with Gasteiger partial charge >= 0.3 is 0 Å². The Hall–Kier alpha value is -1.10. The average molecular weight is 284 g/mol. The molecule has 1 heterocycles. The Bertz CT molecular complexity index is 366. The van der Waals surface area contributed by atoms with E-state index >= 15 is 0 Å². The molecule has 116 valence electrons. The van der Waals surface area contributed by atoms with Crippen molar-refractivity contribution in [1.29, 1.82) is 0 Å². The maximum absolute atomic E-state index is 12.9. The number of carbonyl (C=O) groups is 2. The molecule has 1 N–H and O–H groups in total. The third-order valence-corrected chi connectivity index (χ3v) is 4.72. The van der Waals surface area contributed by atoms with Gasteiger partial charge in [0.25, 0.3) is 0 Å². The van der Waals surface area contributed by atoms with Crippen LogP contribution in [0.5, 0.6) is 0 Å². The summed E-state index contributed by atoms with van der Waals surface area (Å²) in [6, 6.07) is 0. The molecule has 1 unspecified atom stereocenters. The largest absolute Gasteiger partial charge is 0.385 e. The molecule has 1 aliphatic rings. The molecule has 1 fully saturated rings. The molecule has 1 aliphatic heterocycles. The van der Waals surface area contributed by atoms with Crippen molar-refractivity contribution in [2.45, 2.75) is 64.5 Å². The van der Waals surface area contributed by atoms with Gasteiger partial charge in [0.15, 0.2) is 0 Å². The van der Waals surface area contributed by atoms with E-state index in [0.717, 1.165) is 6.42 Å². The topological polar surface area (TPSA) is 58.6 Å². The minimum Gasteiger partial charge on any atom is -0.385 e. The molecule has 2 amide bonds. The number of carbonyl (C=O) groups excluding carboxylic acids is 2. The fraction of sp³-hybridized carbons (Fsp3) is 0.867. The Kier molecular flexibility index (Phi) is 5.57. The predicted molar refractivity (Wildman–Crippen MR) is 78.4 cm³/mol. The third-order valence-electron chi connectivity index (χ3n) is 4.72. The molecule has 0 aliphatic carbocycles. The lowest BCUT2D eigenvalue weighted by Gasteiger charge is -2.51. The zero-order valence-electron chi connectivity index (χ0n) is 13.4. The van der Waals surface area contributed by atoms with Crippen LogP contribution in [0, 0.1) is 0 Å². The Morgan fingerprint density at radius 1 is 1.15 bits per heavy atom. The summed E-state index contributed by atoms with van der Waals surface area (Å²) >= 11 is 0. The molecular weight excluding hydrogens is 256 g/mol. The van der Waals surface area contributed by atoms with E-state index in [4.69, 9.17) is 4.74 Å². The van der Waals surface area contributed by atoms with Crippen LogP contribution in [0.4, 0.5) is 0 Å². The first-order chi connectivity index (χ1) is 9.41. The molecule has 20 heavy (non-hydrogen) atoms. The highest BCUT2D eigenvalue weighted by Gasteiger charge is 2.53. The molecule has 0 bridgehead atoms. The van der Waals surface area contributed by atoms with Gasteiger partial charge in [0.1, 0.15) is 11.1 Å². The number of nitrogens with one attached hydrogen (secondary N) is 1. The monoisotopic (exact) mass is 284 g/mol. The molecule has 1 saturated heterocycles. The van der Waals surface area contributed by atoms with Crippen LogP contribution in [0.25, 0.3) is 0 Å². The number of methoxy groups -OCH3 is 1. The van der Waals surface area contributed by atoms with E-state index in [2.05, 4.69) is 5.32 Å². The zero-order valence-corrected chi connectivity index (χ0v) is 13.4. The lowest BCUT2D eigenvalue weighted by Crippen LogP contribution is -2.74. The van der Waals surface area contributed by atoms with E-state index in [1.165, 1.54) is 0 Å². The van der Waals surface area contributed by atoms with Crippen LogP contribution in [0.3, 0.4) is 0 Å². The van der Waals surface area contributed by atoms with Crippen molar-refractivity contribution in [3.63, 3.8) is 0 Å². The smallest absolute Gasteiger partial charge is 0.249 e. The van der Waals surface area contributed by atoms with Crippen LogP contribution in [0.2, 0.25) is 0 Å². The first-order valence-corrected chi connectivity index (χ1v) is 7.55. The lowest BCUT2D eigenvalue weighted by molar-refractivity contribution is -0.163. The van der Waals surface area contributed by atoms with Gasteiger partial charge in [0.2, 0.25) is 11.8 Å². The van der Waals surface area contributed by atoms with E-state index in [9.17, 15) is 9.59 Å². The maximum Gasteiger partial charge on any atom is 0.249 e. The summed E-state index contributed by atoms with van der Waals surface area (Å²) in [6.07, 6.45) is 2.60. The molecule has 1 atom stereocenters. The predicted octanol–water partition coefficient (Wildman–Crippen LogP) is 1.71. The normalized spacial score (nSPS) is 25.8. The van der Waals surface area contributed by atoms with Gasteiger partial charge in [-0.05, 0) is 32.6 Å². The summed E-state index contributed by atoms with van der Waals surface area (Å²) in [4.78, 5) is 27.2. The molecule has 5 heteroatoms. The van der Waals surface area contributed by atoms with E-state index in [1.807, 2.05) is 27.7 Å². The van der Waals surface area contributed by atoms with Crippen LogP contribution in [-0.2, 0) is 14.3 Å². The van der Waals surface area contributed by atoms with Crippen molar-refractivity contribution >= 4 is 11.8 Å². The minimum absolute atomic E-state index is 0.0410. The quantitative estimate of drug-likeness (QED) is 0.724. The number of hydrogen-bond acceptors (Lipinski definition) is 3. The van der Waals surface area contributed by atoms with E-state index in [1.54, 1.807) is 12.0 Å². The number of rotatable bonds is 7. The number of piperazine rings is 1. The van der Waals surface area contributed by atoms with Gasteiger partial charge in [-0.2, -0.15) is 0 Å². The van der Waals surface area contributed by atoms with Gasteiger partial charge in [-0.1, -0.05) is 20.8 Å². The van der Waals surface area contributed by atoms with E-state index in [0.29, 0.717) is 32.4 Å². The molecule has 0 aromatic heterocycles. The van der Waals surface area contributed by atoms with Crippen molar-refractivity contribution < 1.29 is 14.3 Å². The SMILES string of the molecule is CCC1(CC)NC(=O)C(C)(CC)N(CCCOC)C1=O. The lowest BCUT2D eigenvalue weighted by atomic mass is 9.81. The van der Waals surface area contributed by atoms with Crippen molar-refractivity contribution in [1.82, 2.24) is 10.2 Å². The van der Waals surface area contributed by atoms with Crippen LogP contribution in [0.1, 0.15) is 53.4 Å². The van der Waals surface area contributed by atoms with Crippen LogP contribution < -0.4 is 5.32 Å². The van der Waals surface area contributed by atoms with Crippen molar-refractivity contribution in [3.05, 3.63) is 0 Å². The summed E-state index contributed by atoms with van der Waals surface area (Å²) in [6.45, 7) is 8.85. The van der Waals surface area contributed by atoms with Crippen LogP contribution in [0.15, 0.2) is 0 Å². The third kappa shape index (κ3) is 2.68. The van der Waals surface area contributed by atoms with Crippen molar-refractivity contribution in [2.24, 2.45) is 0 Å². The van der Waals surface area contributed by atoms with Crippen molar-refractivity contribution in [3.8, 4) is 0 Å². The molecule has 0 spiro atoms. The second kappa shape index (κ2) is 6.57. The zero-order chi connectivity index (χ0) is 15.4. The standard InChI is InChI=1S/C15H28N2O3/c1-6-14(4)12(18)16-15(7-2,8-3)13(19)17(14)10-9-11-20-5/h6-11H2,1-5H3,(H,16,18). The van der Waals surface area contributed by atoms with Crippen molar-refractivity contribution in [2.75, 3.05) is 20.3 Å². The molecule has 0 radical (unpaired) electrons. The van der Waals surface area contributed by atoms with E-state index < -0.39 is 11.1 Å². The Labute approximate surface area is 122 Å². The molecule has 0 saturated carbocycles. The Balaban J connectivity index is 3.08. The maximum atomic E-state index is 12.9. The first-order valence-electron chi connectivity index (χ1n) is 7.55. The highest BCUT2D eigenvalue weighted by molar-refractivity contribution is 6.02. The number of nitrogens with zero attached hydrogens (tertiary/aromatic N) is 1. The number of hydrogen-bond donors (Lipinski definition) is 1. The summed E-state index contributed by atoms with van der Waals surface area (Å²) in [5.74, 6) is 0.00303. The average Bonchev–Trinajstić information content (AvgIpc) is 2.46. The van der Waals surface area contributed by atoms with Gasteiger partial charge in [-0.25, -0.2) is 0 Å². The van der Waals surface area contributed by atoms with Gasteiger partial charge in [-0.15, -0.1) is 0 Å². The Morgan fingerprint density at radius 2 is 1.75 bits per heavy atom. The molecule has 0 aromatic carbocycles. The fourth-order valence-corrected chi connectivity index (χ4v) is 2.81. The summed E-state index contributed by atoms with van der Waals surface area (Å²) in [5, 5.41) is 2.98. The molecule has 5 nitrogen and oxygen atoms in total. The molecule has 1 rings (SSSR count). The first kappa shape index (κ1) is 17.0. The van der Waals surface area contributed by atoms with E-state index in [-0.39, 0.29) is 11.8 Å². The second-order valence-electron chi connectivity index (χ2n) is 5.67. The number of ether oxygens (including phenoxy) is 1. The molecular formula is C15H28N2O3. The number of amides is 2. The highest BCUT2D eigenvalue weighted by atomic mass is 16.5. The van der Waals surface area contributed by atoms with Gasteiger partial charge in [-0.3, -0.25) is 9.59 Å². The summed E-state index contributed by atoms with van der Waals surface area (Å²) in [5.41, 5.74) is -1.49. The summed E-state index contributed by atoms with van der Waals surface area (Å²) in [7, 11) is 1.64. The second-order valence-corrected chi connectivity index (χ2v) is 5.67.